The van der Waals surface area contributed by atoms with Gasteiger partial charge in [0.15, 0.2) is 0 Å². The van der Waals surface area contributed by atoms with Crippen LogP contribution in [0.3, 0.4) is 0 Å². The normalized spacial score (nSPS) is 11.5. The van der Waals surface area contributed by atoms with Gasteiger partial charge in [0, 0.05) is 28.4 Å². The van der Waals surface area contributed by atoms with E-state index in [1.165, 1.54) is 10.8 Å². The van der Waals surface area contributed by atoms with Crippen molar-refractivity contribution in [3.63, 3.8) is 0 Å². The Kier molecular flexibility index (Phi) is 4.11. The van der Waals surface area contributed by atoms with E-state index in [0.717, 1.165) is 44.9 Å². The van der Waals surface area contributed by atoms with Crippen LogP contribution in [0.25, 0.3) is 55.7 Å². The van der Waals surface area contributed by atoms with Crippen molar-refractivity contribution >= 4 is 27.3 Å². The molecule has 3 aromatic heterocycles. The zero-order valence-electron chi connectivity index (χ0n) is 18.3. The number of rotatable bonds is 3. The summed E-state index contributed by atoms with van der Waals surface area (Å²) in [7, 11) is 0. The minimum atomic E-state index is 0.931. The average Bonchev–Trinajstić information content (AvgIpc) is 3.49. The molecule has 0 aliphatic heterocycles. The van der Waals surface area contributed by atoms with Gasteiger partial charge in [-0.05, 0) is 41.8 Å². The molecule has 0 fully saturated rings. The molecule has 0 amide bonds. The SMILES string of the molecule is c1ccc(-n2c(-c3ccc(-c4cc5cc6ccccc6cn5n4)cc3)nc3ccccc32)cc1. The summed E-state index contributed by atoms with van der Waals surface area (Å²) < 4.78 is 4.18. The van der Waals surface area contributed by atoms with Crippen molar-refractivity contribution < 1.29 is 0 Å². The van der Waals surface area contributed by atoms with Gasteiger partial charge < -0.3 is 0 Å². The molecule has 0 N–H and O–H groups in total. The third kappa shape index (κ3) is 3.00. The molecule has 0 bridgehead atoms. The number of hydrogen-bond acceptors (Lipinski definition) is 2. The molecule has 4 nitrogen and oxygen atoms in total. The van der Waals surface area contributed by atoms with Gasteiger partial charge in [-0.25, -0.2) is 9.50 Å². The third-order valence-electron chi connectivity index (χ3n) is 6.34. The third-order valence-corrected chi connectivity index (χ3v) is 6.34. The fourth-order valence-corrected chi connectivity index (χ4v) is 4.66. The molecule has 34 heavy (non-hydrogen) atoms. The minimum absolute atomic E-state index is 0.931. The first-order chi connectivity index (χ1) is 16.8. The van der Waals surface area contributed by atoms with Gasteiger partial charge in [0.05, 0.1) is 22.2 Å². The van der Waals surface area contributed by atoms with Crippen molar-refractivity contribution in [1.29, 1.82) is 0 Å². The van der Waals surface area contributed by atoms with Crippen LogP contribution >= 0.6 is 0 Å². The molecular formula is C30H20N4. The Morgan fingerprint density at radius 1 is 0.588 bits per heavy atom. The minimum Gasteiger partial charge on any atom is -0.292 e. The van der Waals surface area contributed by atoms with E-state index in [4.69, 9.17) is 10.1 Å². The van der Waals surface area contributed by atoms with Crippen molar-refractivity contribution in [1.82, 2.24) is 19.2 Å². The summed E-state index contributed by atoms with van der Waals surface area (Å²) in [6.07, 6.45) is 2.09. The van der Waals surface area contributed by atoms with Gasteiger partial charge in [0.1, 0.15) is 5.82 Å². The molecule has 0 spiro atoms. The Bertz CT molecular complexity index is 1740. The number of aromatic nitrogens is 4. The van der Waals surface area contributed by atoms with Gasteiger partial charge in [-0.3, -0.25) is 4.57 Å². The van der Waals surface area contributed by atoms with E-state index in [1.807, 2.05) is 16.6 Å². The lowest BCUT2D eigenvalue weighted by Gasteiger charge is -2.09. The van der Waals surface area contributed by atoms with Crippen LogP contribution in [0.4, 0.5) is 0 Å². The summed E-state index contributed by atoms with van der Waals surface area (Å²) >= 11 is 0. The van der Waals surface area contributed by atoms with Gasteiger partial charge in [-0.2, -0.15) is 5.10 Å². The largest absolute Gasteiger partial charge is 0.292 e. The Labute approximate surface area is 196 Å². The van der Waals surface area contributed by atoms with Gasteiger partial charge in [0.25, 0.3) is 0 Å². The lowest BCUT2D eigenvalue weighted by molar-refractivity contribution is 0.974. The molecule has 4 aromatic carbocycles. The van der Waals surface area contributed by atoms with Crippen molar-refractivity contribution in [3.05, 3.63) is 121 Å². The fourth-order valence-electron chi connectivity index (χ4n) is 4.66. The second-order valence-corrected chi connectivity index (χ2v) is 8.47. The van der Waals surface area contributed by atoms with E-state index in [2.05, 4.69) is 114 Å². The Morgan fingerprint density at radius 2 is 1.29 bits per heavy atom. The monoisotopic (exact) mass is 436 g/mol. The van der Waals surface area contributed by atoms with E-state index in [-0.39, 0.29) is 0 Å². The number of hydrogen-bond donors (Lipinski definition) is 0. The van der Waals surface area contributed by atoms with Gasteiger partial charge in [0.2, 0.25) is 0 Å². The highest BCUT2D eigenvalue weighted by Gasteiger charge is 2.14. The number of benzene rings is 4. The highest BCUT2D eigenvalue weighted by atomic mass is 15.2. The van der Waals surface area contributed by atoms with Crippen LogP contribution in [0.5, 0.6) is 0 Å². The summed E-state index contributed by atoms with van der Waals surface area (Å²) in [6.45, 7) is 0. The molecule has 0 aliphatic rings. The summed E-state index contributed by atoms with van der Waals surface area (Å²) in [5.74, 6) is 0.931. The quantitative estimate of drug-likeness (QED) is 0.295. The first kappa shape index (κ1) is 18.8. The van der Waals surface area contributed by atoms with E-state index < -0.39 is 0 Å². The maximum absolute atomic E-state index is 4.97. The van der Waals surface area contributed by atoms with Gasteiger partial charge in [-0.1, -0.05) is 78.9 Å². The fraction of sp³-hybridized carbons (Fsp3) is 0. The molecule has 0 saturated carbocycles. The number of pyridine rings is 1. The van der Waals surface area contributed by atoms with Crippen LogP contribution in [0.2, 0.25) is 0 Å². The number of nitrogens with zero attached hydrogens (tertiary/aromatic N) is 4. The van der Waals surface area contributed by atoms with Crippen molar-refractivity contribution in [3.8, 4) is 28.3 Å². The van der Waals surface area contributed by atoms with Crippen LogP contribution in [-0.2, 0) is 0 Å². The van der Waals surface area contributed by atoms with E-state index in [0.29, 0.717) is 0 Å². The number of imidazole rings is 1. The maximum atomic E-state index is 4.97. The van der Waals surface area contributed by atoms with Gasteiger partial charge in [-0.15, -0.1) is 0 Å². The second kappa shape index (κ2) is 7.42. The standard InChI is InChI=1S/C30H20N4/c1-2-10-25(11-3-1)34-29-13-7-6-12-27(29)31-30(34)22-16-14-21(15-17-22)28-19-26-18-23-8-4-5-9-24(23)20-33(26)32-28/h1-20H. The van der Waals surface area contributed by atoms with Crippen LogP contribution in [0.15, 0.2) is 121 Å². The summed E-state index contributed by atoms with van der Waals surface area (Å²) in [4.78, 5) is 4.97. The first-order valence-electron chi connectivity index (χ1n) is 11.4. The molecule has 7 aromatic rings. The van der Waals surface area contributed by atoms with Crippen LogP contribution in [0.1, 0.15) is 0 Å². The van der Waals surface area contributed by atoms with Crippen LogP contribution in [-0.4, -0.2) is 19.2 Å². The molecule has 4 heteroatoms. The van der Waals surface area contributed by atoms with Crippen LogP contribution < -0.4 is 0 Å². The maximum Gasteiger partial charge on any atom is 0.145 e. The Hall–Kier alpha value is -4.70. The molecular weight excluding hydrogens is 416 g/mol. The molecule has 0 unspecified atom stereocenters. The zero-order chi connectivity index (χ0) is 22.5. The smallest absolute Gasteiger partial charge is 0.145 e. The highest BCUT2D eigenvalue weighted by molar-refractivity contribution is 5.87. The summed E-state index contributed by atoms with van der Waals surface area (Å²) in [5, 5.41) is 7.23. The topological polar surface area (TPSA) is 35.1 Å². The molecule has 0 saturated heterocycles. The Morgan fingerprint density at radius 3 is 2.15 bits per heavy atom. The molecule has 0 aliphatic carbocycles. The average molecular weight is 437 g/mol. The lowest BCUT2D eigenvalue weighted by Crippen LogP contribution is -1.97. The predicted octanol–water partition coefficient (Wildman–Crippen LogP) is 7.16. The van der Waals surface area contributed by atoms with Gasteiger partial charge >= 0.3 is 0 Å². The molecule has 160 valence electrons. The first-order valence-corrected chi connectivity index (χ1v) is 11.4. The van der Waals surface area contributed by atoms with Crippen molar-refractivity contribution in [2.45, 2.75) is 0 Å². The second-order valence-electron chi connectivity index (χ2n) is 8.47. The molecule has 3 heterocycles. The summed E-state index contributed by atoms with van der Waals surface area (Å²) in [6, 6.07) is 39.9. The molecule has 0 atom stereocenters. The summed E-state index contributed by atoms with van der Waals surface area (Å²) in [5.41, 5.74) is 7.37. The highest BCUT2D eigenvalue weighted by Crippen LogP contribution is 2.30. The van der Waals surface area contributed by atoms with Crippen LogP contribution in [0, 0.1) is 0 Å². The number of fused-ring (bicyclic) bond motifs is 3. The van der Waals surface area contributed by atoms with E-state index >= 15 is 0 Å². The van der Waals surface area contributed by atoms with Crippen molar-refractivity contribution in [2.24, 2.45) is 0 Å². The van der Waals surface area contributed by atoms with E-state index in [9.17, 15) is 0 Å². The Balaban J connectivity index is 1.33. The van der Waals surface area contributed by atoms with E-state index in [1.54, 1.807) is 0 Å². The lowest BCUT2D eigenvalue weighted by atomic mass is 10.1. The predicted molar refractivity (Wildman–Crippen MR) is 138 cm³/mol. The molecule has 7 rings (SSSR count). The number of para-hydroxylation sites is 3. The molecule has 0 radical (unpaired) electrons. The zero-order valence-corrected chi connectivity index (χ0v) is 18.3. The van der Waals surface area contributed by atoms with Crippen molar-refractivity contribution in [2.75, 3.05) is 0 Å².